The first-order chi connectivity index (χ1) is 6.74. The van der Waals surface area contributed by atoms with Crippen LogP contribution in [0, 0.1) is 5.92 Å². The molecule has 74 valence electrons. The SMILES string of the molecule is CCC1C=C(C(C)C)c2ccccc21. The lowest BCUT2D eigenvalue weighted by molar-refractivity contribution is 0.813. The molecule has 0 heterocycles. The van der Waals surface area contributed by atoms with Crippen molar-refractivity contribution in [1.82, 2.24) is 0 Å². The third-order valence-electron chi connectivity index (χ3n) is 3.11. The van der Waals surface area contributed by atoms with E-state index in [4.69, 9.17) is 0 Å². The summed E-state index contributed by atoms with van der Waals surface area (Å²) < 4.78 is 0. The minimum Gasteiger partial charge on any atom is -0.0729 e. The Balaban J connectivity index is 2.48. The van der Waals surface area contributed by atoms with Crippen LogP contribution in [0.25, 0.3) is 5.57 Å². The molecular formula is C14H18. The molecule has 0 fully saturated rings. The van der Waals surface area contributed by atoms with Gasteiger partial charge < -0.3 is 0 Å². The lowest BCUT2D eigenvalue weighted by Gasteiger charge is -2.09. The molecule has 1 aliphatic carbocycles. The molecule has 2 rings (SSSR count). The van der Waals surface area contributed by atoms with Gasteiger partial charge in [-0.3, -0.25) is 0 Å². The van der Waals surface area contributed by atoms with Crippen LogP contribution in [-0.2, 0) is 0 Å². The van der Waals surface area contributed by atoms with Crippen LogP contribution in [0.5, 0.6) is 0 Å². The molecule has 0 radical (unpaired) electrons. The van der Waals surface area contributed by atoms with Gasteiger partial charge >= 0.3 is 0 Å². The van der Waals surface area contributed by atoms with Crippen LogP contribution in [0.2, 0.25) is 0 Å². The highest BCUT2D eigenvalue weighted by molar-refractivity contribution is 5.75. The van der Waals surface area contributed by atoms with E-state index in [2.05, 4.69) is 51.1 Å². The van der Waals surface area contributed by atoms with Gasteiger partial charge in [0.2, 0.25) is 0 Å². The van der Waals surface area contributed by atoms with Crippen LogP contribution in [-0.4, -0.2) is 0 Å². The Morgan fingerprint density at radius 2 is 1.93 bits per heavy atom. The summed E-state index contributed by atoms with van der Waals surface area (Å²) in [6.45, 7) is 6.82. The summed E-state index contributed by atoms with van der Waals surface area (Å²) in [6, 6.07) is 8.83. The van der Waals surface area contributed by atoms with Gasteiger partial charge in [0.05, 0.1) is 0 Å². The van der Waals surface area contributed by atoms with Crippen molar-refractivity contribution in [3.05, 3.63) is 41.5 Å². The van der Waals surface area contributed by atoms with Crippen LogP contribution in [0.1, 0.15) is 44.2 Å². The fraction of sp³-hybridized carbons (Fsp3) is 0.429. The van der Waals surface area contributed by atoms with Crippen LogP contribution < -0.4 is 0 Å². The van der Waals surface area contributed by atoms with E-state index in [1.165, 1.54) is 23.1 Å². The van der Waals surface area contributed by atoms with E-state index in [-0.39, 0.29) is 0 Å². The van der Waals surface area contributed by atoms with Gasteiger partial charge in [0.1, 0.15) is 0 Å². The second kappa shape index (κ2) is 3.61. The molecule has 0 saturated heterocycles. The van der Waals surface area contributed by atoms with Crippen molar-refractivity contribution in [3.8, 4) is 0 Å². The minimum absolute atomic E-state index is 0.646. The fourth-order valence-electron chi connectivity index (χ4n) is 2.32. The first-order valence-electron chi connectivity index (χ1n) is 5.55. The zero-order valence-electron chi connectivity index (χ0n) is 9.25. The monoisotopic (exact) mass is 186 g/mol. The lowest BCUT2D eigenvalue weighted by atomic mass is 9.96. The van der Waals surface area contributed by atoms with Crippen LogP contribution in [0.15, 0.2) is 30.3 Å². The Bertz CT molecular complexity index is 358. The molecule has 0 heteroatoms. The Morgan fingerprint density at radius 1 is 1.21 bits per heavy atom. The van der Waals surface area contributed by atoms with Gasteiger partial charge in [0, 0.05) is 5.92 Å². The first kappa shape index (κ1) is 9.51. The van der Waals surface area contributed by atoms with Gasteiger partial charge in [0.15, 0.2) is 0 Å². The van der Waals surface area contributed by atoms with Crippen LogP contribution in [0.4, 0.5) is 0 Å². The summed E-state index contributed by atoms with van der Waals surface area (Å²) in [5, 5.41) is 0. The van der Waals surface area contributed by atoms with Crippen molar-refractivity contribution < 1.29 is 0 Å². The van der Waals surface area contributed by atoms with Crippen LogP contribution in [0.3, 0.4) is 0 Å². The lowest BCUT2D eigenvalue weighted by Crippen LogP contribution is -1.92. The predicted octanol–water partition coefficient (Wildman–Crippen LogP) is 4.23. The maximum Gasteiger partial charge on any atom is 0.00275 e. The molecule has 1 aromatic carbocycles. The quantitative estimate of drug-likeness (QED) is 0.648. The summed E-state index contributed by atoms with van der Waals surface area (Å²) >= 11 is 0. The van der Waals surface area contributed by atoms with Crippen molar-refractivity contribution in [2.24, 2.45) is 5.92 Å². The zero-order valence-corrected chi connectivity index (χ0v) is 9.25. The zero-order chi connectivity index (χ0) is 10.1. The highest BCUT2D eigenvalue weighted by atomic mass is 14.3. The molecule has 0 nitrogen and oxygen atoms in total. The Hall–Kier alpha value is -1.04. The van der Waals surface area contributed by atoms with E-state index < -0.39 is 0 Å². The number of fused-ring (bicyclic) bond motifs is 1. The molecule has 1 aliphatic rings. The molecule has 1 aromatic rings. The highest BCUT2D eigenvalue weighted by Gasteiger charge is 2.22. The predicted molar refractivity (Wildman–Crippen MR) is 62.3 cm³/mol. The number of benzene rings is 1. The van der Waals surface area contributed by atoms with Crippen molar-refractivity contribution >= 4 is 5.57 Å². The van der Waals surface area contributed by atoms with Gasteiger partial charge in [-0.2, -0.15) is 0 Å². The fourth-order valence-corrected chi connectivity index (χ4v) is 2.32. The number of hydrogen-bond acceptors (Lipinski definition) is 0. The summed E-state index contributed by atoms with van der Waals surface area (Å²) in [5.41, 5.74) is 4.54. The van der Waals surface area contributed by atoms with E-state index in [0.717, 1.165) is 0 Å². The Morgan fingerprint density at radius 3 is 2.57 bits per heavy atom. The summed E-state index contributed by atoms with van der Waals surface area (Å²) in [7, 11) is 0. The van der Waals surface area contributed by atoms with E-state index >= 15 is 0 Å². The molecule has 0 spiro atoms. The molecule has 0 amide bonds. The number of rotatable bonds is 2. The molecule has 0 N–H and O–H groups in total. The Kier molecular flexibility index (Phi) is 2.45. The largest absolute Gasteiger partial charge is 0.0729 e. The normalized spacial score (nSPS) is 19.7. The maximum absolute atomic E-state index is 2.45. The highest BCUT2D eigenvalue weighted by Crippen LogP contribution is 2.40. The average Bonchev–Trinajstić information content (AvgIpc) is 2.56. The van der Waals surface area contributed by atoms with Gasteiger partial charge in [-0.25, -0.2) is 0 Å². The molecule has 0 bridgehead atoms. The second-order valence-electron chi connectivity index (χ2n) is 4.38. The maximum atomic E-state index is 2.45. The molecule has 0 aliphatic heterocycles. The van der Waals surface area contributed by atoms with E-state index in [1.54, 1.807) is 0 Å². The van der Waals surface area contributed by atoms with Crippen molar-refractivity contribution in [2.75, 3.05) is 0 Å². The number of hydrogen-bond donors (Lipinski definition) is 0. The standard InChI is InChI=1S/C14H18/c1-4-11-9-14(10(2)3)13-8-6-5-7-12(11)13/h5-11H,4H2,1-3H3. The third kappa shape index (κ3) is 1.39. The van der Waals surface area contributed by atoms with E-state index in [0.29, 0.717) is 11.8 Å². The summed E-state index contributed by atoms with van der Waals surface area (Å²) in [6.07, 6.45) is 3.67. The topological polar surface area (TPSA) is 0 Å². The molecule has 0 aromatic heterocycles. The van der Waals surface area contributed by atoms with Gasteiger partial charge in [-0.1, -0.05) is 51.1 Å². The van der Waals surface area contributed by atoms with E-state index in [9.17, 15) is 0 Å². The molecule has 0 saturated carbocycles. The van der Waals surface area contributed by atoms with Gasteiger partial charge in [-0.05, 0) is 29.0 Å². The van der Waals surface area contributed by atoms with E-state index in [1.807, 2.05) is 0 Å². The summed E-state index contributed by atoms with van der Waals surface area (Å²) in [5.74, 6) is 1.30. The summed E-state index contributed by atoms with van der Waals surface area (Å²) in [4.78, 5) is 0. The Labute approximate surface area is 86.7 Å². The number of allylic oxidation sites excluding steroid dienone is 2. The van der Waals surface area contributed by atoms with Gasteiger partial charge in [-0.15, -0.1) is 0 Å². The molecule has 1 unspecified atom stereocenters. The smallest absolute Gasteiger partial charge is 0.00275 e. The minimum atomic E-state index is 0.646. The third-order valence-corrected chi connectivity index (χ3v) is 3.11. The first-order valence-corrected chi connectivity index (χ1v) is 5.55. The van der Waals surface area contributed by atoms with Crippen molar-refractivity contribution in [3.63, 3.8) is 0 Å². The molecule has 14 heavy (non-hydrogen) atoms. The van der Waals surface area contributed by atoms with Crippen molar-refractivity contribution in [1.29, 1.82) is 0 Å². The van der Waals surface area contributed by atoms with Crippen LogP contribution >= 0.6 is 0 Å². The van der Waals surface area contributed by atoms with Gasteiger partial charge in [0.25, 0.3) is 0 Å². The van der Waals surface area contributed by atoms with Crippen molar-refractivity contribution in [2.45, 2.75) is 33.1 Å². The molecular weight excluding hydrogens is 168 g/mol. The average molecular weight is 186 g/mol. The second-order valence-corrected chi connectivity index (χ2v) is 4.38. The molecule has 1 atom stereocenters.